The van der Waals surface area contributed by atoms with Crippen molar-refractivity contribution >= 4 is 22.8 Å². The highest BCUT2D eigenvalue weighted by Gasteiger charge is 2.15. The molecule has 0 spiro atoms. The number of hydrogen-bond acceptors (Lipinski definition) is 4. The molecule has 0 aliphatic rings. The number of carbonyl (C=O) groups is 1. The highest BCUT2D eigenvalue weighted by atomic mass is 16.4. The van der Waals surface area contributed by atoms with Gasteiger partial charge in [0.15, 0.2) is 5.82 Å². The predicted octanol–water partition coefficient (Wildman–Crippen LogP) is 1.05. The van der Waals surface area contributed by atoms with Crippen molar-refractivity contribution in [2.75, 3.05) is 18.0 Å². The van der Waals surface area contributed by atoms with Gasteiger partial charge in [-0.25, -0.2) is 9.97 Å². The zero-order chi connectivity index (χ0) is 13.1. The SMILES string of the molecule is C=CCN(CC(=O)O)c1nccc2c1ncn2C. The molecule has 0 atom stereocenters. The first-order chi connectivity index (χ1) is 8.63. The van der Waals surface area contributed by atoms with Crippen molar-refractivity contribution < 1.29 is 9.90 Å². The monoisotopic (exact) mass is 246 g/mol. The van der Waals surface area contributed by atoms with Crippen molar-refractivity contribution in [1.29, 1.82) is 0 Å². The first-order valence-electron chi connectivity index (χ1n) is 5.47. The fourth-order valence-corrected chi connectivity index (χ4v) is 1.82. The molecular formula is C12H14N4O2. The molecule has 2 aromatic rings. The molecule has 0 aliphatic carbocycles. The summed E-state index contributed by atoms with van der Waals surface area (Å²) < 4.78 is 1.87. The van der Waals surface area contributed by atoms with E-state index in [0.29, 0.717) is 17.9 Å². The molecule has 2 aromatic heterocycles. The molecule has 2 rings (SSSR count). The van der Waals surface area contributed by atoms with Gasteiger partial charge < -0.3 is 14.6 Å². The quantitative estimate of drug-likeness (QED) is 0.798. The number of pyridine rings is 1. The molecule has 0 aliphatic heterocycles. The Hall–Kier alpha value is -2.37. The fourth-order valence-electron chi connectivity index (χ4n) is 1.82. The molecule has 0 saturated heterocycles. The van der Waals surface area contributed by atoms with Crippen LogP contribution in [0.25, 0.3) is 11.0 Å². The molecule has 2 heterocycles. The average molecular weight is 246 g/mol. The minimum absolute atomic E-state index is 0.130. The smallest absolute Gasteiger partial charge is 0.323 e. The van der Waals surface area contributed by atoms with Gasteiger partial charge in [-0.1, -0.05) is 6.08 Å². The second-order valence-electron chi connectivity index (χ2n) is 3.92. The van der Waals surface area contributed by atoms with Crippen molar-refractivity contribution in [3.05, 3.63) is 31.2 Å². The Morgan fingerprint density at radius 3 is 3.06 bits per heavy atom. The van der Waals surface area contributed by atoms with Gasteiger partial charge in [-0.3, -0.25) is 4.79 Å². The van der Waals surface area contributed by atoms with Gasteiger partial charge in [0.2, 0.25) is 0 Å². The molecule has 0 radical (unpaired) electrons. The van der Waals surface area contributed by atoms with E-state index in [4.69, 9.17) is 5.11 Å². The van der Waals surface area contributed by atoms with Gasteiger partial charge in [-0.15, -0.1) is 6.58 Å². The van der Waals surface area contributed by atoms with Crippen LogP contribution in [0.4, 0.5) is 5.82 Å². The van der Waals surface area contributed by atoms with Crippen LogP contribution in [0, 0.1) is 0 Å². The van der Waals surface area contributed by atoms with Crippen LogP contribution < -0.4 is 4.90 Å². The van der Waals surface area contributed by atoms with E-state index < -0.39 is 5.97 Å². The summed E-state index contributed by atoms with van der Waals surface area (Å²) in [6.45, 7) is 3.91. The molecule has 0 bridgehead atoms. The third-order valence-corrected chi connectivity index (χ3v) is 2.60. The van der Waals surface area contributed by atoms with Gasteiger partial charge in [0.25, 0.3) is 0 Å². The van der Waals surface area contributed by atoms with Crippen molar-refractivity contribution in [1.82, 2.24) is 14.5 Å². The standard InChI is InChI=1S/C12H14N4O2/c1-3-6-16(7-10(17)18)12-11-9(4-5-13-12)15(2)8-14-11/h3-5,8H,1,6-7H2,2H3,(H,17,18). The number of nitrogens with zero attached hydrogens (tertiary/aromatic N) is 4. The summed E-state index contributed by atoms with van der Waals surface area (Å²) in [6.07, 6.45) is 4.98. The summed E-state index contributed by atoms with van der Waals surface area (Å²) in [5.74, 6) is -0.345. The number of hydrogen-bond donors (Lipinski definition) is 1. The van der Waals surface area contributed by atoms with Gasteiger partial charge in [0, 0.05) is 19.8 Å². The number of aromatic nitrogens is 3. The highest BCUT2D eigenvalue weighted by Crippen LogP contribution is 2.22. The number of rotatable bonds is 5. The topological polar surface area (TPSA) is 71.2 Å². The first-order valence-corrected chi connectivity index (χ1v) is 5.47. The fraction of sp³-hybridized carbons (Fsp3) is 0.250. The van der Waals surface area contributed by atoms with Crippen LogP contribution in [-0.4, -0.2) is 38.7 Å². The van der Waals surface area contributed by atoms with Gasteiger partial charge in [-0.2, -0.15) is 0 Å². The Morgan fingerprint density at radius 2 is 2.39 bits per heavy atom. The Balaban J connectivity index is 2.49. The third-order valence-electron chi connectivity index (χ3n) is 2.60. The molecule has 6 nitrogen and oxygen atoms in total. The molecular weight excluding hydrogens is 232 g/mol. The molecule has 0 aromatic carbocycles. The molecule has 0 unspecified atom stereocenters. The number of aryl methyl sites for hydroxylation is 1. The molecule has 0 fully saturated rings. The van der Waals surface area contributed by atoms with E-state index in [1.54, 1.807) is 23.5 Å². The van der Waals surface area contributed by atoms with E-state index in [1.165, 1.54) is 0 Å². The Morgan fingerprint density at radius 1 is 1.61 bits per heavy atom. The van der Waals surface area contributed by atoms with Crippen LogP contribution in [0.15, 0.2) is 31.2 Å². The number of anilines is 1. The van der Waals surface area contributed by atoms with E-state index in [0.717, 1.165) is 5.52 Å². The summed E-state index contributed by atoms with van der Waals surface area (Å²) in [4.78, 5) is 21.0. The molecule has 0 amide bonds. The summed E-state index contributed by atoms with van der Waals surface area (Å²) in [6, 6.07) is 1.85. The zero-order valence-corrected chi connectivity index (χ0v) is 10.1. The number of carboxylic acid groups (broad SMARTS) is 1. The third kappa shape index (κ3) is 2.17. The lowest BCUT2D eigenvalue weighted by Crippen LogP contribution is -2.30. The van der Waals surface area contributed by atoms with Gasteiger partial charge in [0.1, 0.15) is 12.1 Å². The number of carboxylic acids is 1. The lowest BCUT2D eigenvalue weighted by molar-refractivity contribution is -0.135. The number of aliphatic carboxylic acids is 1. The first kappa shape index (κ1) is 12.1. The lowest BCUT2D eigenvalue weighted by atomic mass is 10.3. The van der Waals surface area contributed by atoms with Crippen molar-refractivity contribution in [2.45, 2.75) is 0 Å². The average Bonchev–Trinajstić information content (AvgIpc) is 2.70. The maximum Gasteiger partial charge on any atom is 0.323 e. The number of fused-ring (bicyclic) bond motifs is 1. The van der Waals surface area contributed by atoms with Crippen molar-refractivity contribution in [3.63, 3.8) is 0 Å². The Bertz CT molecular complexity index is 591. The lowest BCUT2D eigenvalue weighted by Gasteiger charge is -2.19. The van der Waals surface area contributed by atoms with Crippen LogP contribution in [0.2, 0.25) is 0 Å². The van der Waals surface area contributed by atoms with Crippen molar-refractivity contribution in [3.8, 4) is 0 Å². The van der Waals surface area contributed by atoms with Crippen LogP contribution >= 0.6 is 0 Å². The second-order valence-corrected chi connectivity index (χ2v) is 3.92. The molecule has 0 saturated carbocycles. The van der Waals surface area contributed by atoms with Crippen LogP contribution in [0.3, 0.4) is 0 Å². The molecule has 94 valence electrons. The largest absolute Gasteiger partial charge is 0.480 e. The number of imidazole rings is 1. The molecule has 18 heavy (non-hydrogen) atoms. The Labute approximate surface area is 104 Å². The van der Waals surface area contributed by atoms with Gasteiger partial charge in [-0.05, 0) is 6.07 Å². The highest BCUT2D eigenvalue weighted by molar-refractivity contribution is 5.88. The van der Waals surface area contributed by atoms with E-state index in [2.05, 4.69) is 16.5 Å². The minimum atomic E-state index is -0.911. The van der Waals surface area contributed by atoms with E-state index in [-0.39, 0.29) is 6.54 Å². The van der Waals surface area contributed by atoms with Crippen LogP contribution in [0.1, 0.15) is 0 Å². The van der Waals surface area contributed by atoms with Crippen LogP contribution in [-0.2, 0) is 11.8 Å². The summed E-state index contributed by atoms with van der Waals surface area (Å²) in [7, 11) is 1.88. The van der Waals surface area contributed by atoms with E-state index in [1.807, 2.05) is 17.7 Å². The van der Waals surface area contributed by atoms with E-state index in [9.17, 15) is 4.79 Å². The summed E-state index contributed by atoms with van der Waals surface area (Å²) in [5.41, 5.74) is 1.61. The molecule has 1 N–H and O–H groups in total. The Kier molecular flexibility index (Phi) is 3.27. The van der Waals surface area contributed by atoms with Crippen molar-refractivity contribution in [2.24, 2.45) is 7.05 Å². The summed E-state index contributed by atoms with van der Waals surface area (Å²) in [5, 5.41) is 8.92. The second kappa shape index (κ2) is 4.87. The maximum absolute atomic E-state index is 10.9. The summed E-state index contributed by atoms with van der Waals surface area (Å²) >= 11 is 0. The zero-order valence-electron chi connectivity index (χ0n) is 10.1. The normalized spacial score (nSPS) is 10.5. The maximum atomic E-state index is 10.9. The van der Waals surface area contributed by atoms with E-state index >= 15 is 0 Å². The van der Waals surface area contributed by atoms with Gasteiger partial charge >= 0.3 is 5.97 Å². The minimum Gasteiger partial charge on any atom is -0.480 e. The van der Waals surface area contributed by atoms with Crippen LogP contribution in [0.5, 0.6) is 0 Å². The predicted molar refractivity (Wildman–Crippen MR) is 68.6 cm³/mol. The molecule has 6 heteroatoms. The van der Waals surface area contributed by atoms with Gasteiger partial charge in [0.05, 0.1) is 11.8 Å².